The van der Waals surface area contributed by atoms with E-state index in [9.17, 15) is 18.3 Å². The Hall–Kier alpha value is -3.33. The third-order valence-corrected chi connectivity index (χ3v) is 9.24. The van der Waals surface area contributed by atoms with Crippen LogP contribution in [0, 0.1) is 13.8 Å². The molecule has 2 unspecified atom stereocenters. The zero-order valence-electron chi connectivity index (χ0n) is 21.5. The number of aromatic nitrogens is 2. The van der Waals surface area contributed by atoms with E-state index in [1.54, 1.807) is 11.0 Å². The minimum atomic E-state index is -3.21. The number of amides is 1. The average molecular weight is 524 g/mol. The van der Waals surface area contributed by atoms with Crippen molar-refractivity contribution < 1.29 is 23.1 Å². The number of aromatic amines is 1. The first kappa shape index (κ1) is 25.3. The van der Waals surface area contributed by atoms with Crippen LogP contribution in [0.15, 0.2) is 36.4 Å². The number of benzene rings is 2. The lowest BCUT2D eigenvalue weighted by molar-refractivity contribution is 0.0677. The van der Waals surface area contributed by atoms with Crippen LogP contribution in [0.25, 0.3) is 11.3 Å². The number of hydrogen-bond acceptors (Lipinski definition) is 6. The van der Waals surface area contributed by atoms with Gasteiger partial charge in [-0.25, -0.2) is 8.42 Å². The molecule has 2 aliphatic heterocycles. The number of rotatable bonds is 8. The highest BCUT2D eigenvalue weighted by atomic mass is 32.2. The molecule has 2 N–H and O–H groups in total. The summed E-state index contributed by atoms with van der Waals surface area (Å²) < 4.78 is 30.6. The van der Waals surface area contributed by atoms with E-state index in [0.717, 1.165) is 41.7 Å². The molecule has 2 aliphatic rings. The monoisotopic (exact) mass is 523 g/mol. The summed E-state index contributed by atoms with van der Waals surface area (Å²) >= 11 is 0. The van der Waals surface area contributed by atoms with E-state index in [1.165, 1.54) is 0 Å². The Morgan fingerprint density at radius 1 is 1.14 bits per heavy atom. The molecule has 3 aromatic rings. The molecule has 8 nitrogen and oxygen atoms in total. The summed E-state index contributed by atoms with van der Waals surface area (Å²) in [6.07, 6.45) is 3.61. The number of fused-ring (bicyclic) bond motifs is 1. The predicted molar refractivity (Wildman–Crippen MR) is 142 cm³/mol. The molecule has 2 aromatic carbocycles. The lowest BCUT2D eigenvalue weighted by Gasteiger charge is -2.31. The third-order valence-electron chi connectivity index (χ3n) is 7.49. The number of aryl methyl sites for hydroxylation is 2. The van der Waals surface area contributed by atoms with Crippen molar-refractivity contribution in [3.63, 3.8) is 0 Å². The summed E-state index contributed by atoms with van der Waals surface area (Å²) in [4.78, 5) is 15.4. The van der Waals surface area contributed by atoms with Crippen LogP contribution in [-0.2, 0) is 9.84 Å². The van der Waals surface area contributed by atoms with Gasteiger partial charge < -0.3 is 14.7 Å². The van der Waals surface area contributed by atoms with Gasteiger partial charge in [0.25, 0.3) is 5.91 Å². The molecule has 5 rings (SSSR count). The van der Waals surface area contributed by atoms with E-state index in [-0.39, 0.29) is 23.2 Å². The van der Waals surface area contributed by atoms with Gasteiger partial charge in [0.1, 0.15) is 22.9 Å². The standard InChI is InChI=1S/C28H33N3O5S/c1-4-5-6-12-36-21-9-7-19(8-10-21)27-24-25(22-14-17(2)18(3)15-23(22)32)29-30-26(24)28(33)31(27)20-11-13-37(34,35)16-20/h7-10,14-15,20,27,32H,4-6,11-13,16H2,1-3H3,(H,29,30). The average Bonchev–Trinajstić information content (AvgIpc) is 3.53. The molecule has 37 heavy (non-hydrogen) atoms. The van der Waals surface area contributed by atoms with Gasteiger partial charge in [0.2, 0.25) is 0 Å². The summed E-state index contributed by atoms with van der Waals surface area (Å²) in [5, 5.41) is 18.1. The second-order valence-electron chi connectivity index (χ2n) is 10.1. The number of phenolic OH excluding ortho intramolecular Hbond substituents is 1. The SMILES string of the molecule is CCCCCOc1ccc(C2c3c(-c4cc(C)c(C)cc4O)n[nH]c3C(=O)N2C2CCS(=O)(=O)C2)cc1. The van der Waals surface area contributed by atoms with Gasteiger partial charge in [-0.1, -0.05) is 31.9 Å². The summed E-state index contributed by atoms with van der Waals surface area (Å²) in [5.74, 6) is 0.565. The Morgan fingerprint density at radius 3 is 2.54 bits per heavy atom. The van der Waals surface area contributed by atoms with Crippen molar-refractivity contribution in [3.05, 3.63) is 64.3 Å². The van der Waals surface area contributed by atoms with Crippen molar-refractivity contribution in [2.75, 3.05) is 18.1 Å². The van der Waals surface area contributed by atoms with E-state index in [0.29, 0.717) is 35.5 Å². The molecule has 1 fully saturated rings. The van der Waals surface area contributed by atoms with Crippen LogP contribution in [-0.4, -0.2) is 58.7 Å². The molecule has 0 radical (unpaired) electrons. The highest BCUT2D eigenvalue weighted by molar-refractivity contribution is 7.91. The number of carbonyl (C=O) groups excluding carboxylic acids is 1. The van der Waals surface area contributed by atoms with Gasteiger partial charge in [0, 0.05) is 17.2 Å². The maximum absolute atomic E-state index is 13.7. The minimum absolute atomic E-state index is 0.0597. The Kier molecular flexibility index (Phi) is 6.74. The molecule has 0 aliphatic carbocycles. The Bertz CT molecular complexity index is 1430. The number of sulfone groups is 1. The normalized spacial score (nSPS) is 20.4. The van der Waals surface area contributed by atoms with E-state index in [1.807, 2.05) is 44.2 Å². The zero-order chi connectivity index (χ0) is 26.3. The van der Waals surface area contributed by atoms with E-state index < -0.39 is 21.9 Å². The third kappa shape index (κ3) is 4.72. The summed E-state index contributed by atoms with van der Waals surface area (Å²) in [6.45, 7) is 6.68. The second-order valence-corrected chi connectivity index (χ2v) is 12.3. The number of hydrogen-bond donors (Lipinski definition) is 2. The number of unbranched alkanes of at least 4 members (excludes halogenated alkanes) is 2. The van der Waals surface area contributed by atoms with Crippen LogP contribution >= 0.6 is 0 Å². The van der Waals surface area contributed by atoms with Crippen LogP contribution in [0.1, 0.15) is 71.4 Å². The first-order valence-electron chi connectivity index (χ1n) is 12.8. The van der Waals surface area contributed by atoms with Crippen molar-refractivity contribution in [2.24, 2.45) is 0 Å². The van der Waals surface area contributed by atoms with Gasteiger partial charge in [-0.05, 0) is 67.6 Å². The van der Waals surface area contributed by atoms with Crippen LogP contribution < -0.4 is 4.74 Å². The molecule has 1 saturated heterocycles. The number of nitrogens with zero attached hydrogens (tertiary/aromatic N) is 2. The fourth-order valence-electron chi connectivity index (χ4n) is 5.35. The van der Waals surface area contributed by atoms with Crippen LogP contribution in [0.2, 0.25) is 0 Å². The maximum Gasteiger partial charge on any atom is 0.273 e. The molecule has 3 heterocycles. The quantitative estimate of drug-likeness (QED) is 0.414. The van der Waals surface area contributed by atoms with Crippen molar-refractivity contribution in [3.8, 4) is 22.8 Å². The lowest BCUT2D eigenvalue weighted by Crippen LogP contribution is -2.40. The molecular weight excluding hydrogens is 490 g/mol. The van der Waals surface area contributed by atoms with E-state index in [4.69, 9.17) is 4.74 Å². The summed E-state index contributed by atoms with van der Waals surface area (Å²) in [5.41, 5.74) is 4.81. The smallest absolute Gasteiger partial charge is 0.273 e. The van der Waals surface area contributed by atoms with Gasteiger partial charge in [-0.3, -0.25) is 9.89 Å². The molecule has 196 valence electrons. The molecule has 1 amide bonds. The van der Waals surface area contributed by atoms with Crippen molar-refractivity contribution in [1.29, 1.82) is 0 Å². The largest absolute Gasteiger partial charge is 0.507 e. The zero-order valence-corrected chi connectivity index (χ0v) is 22.3. The minimum Gasteiger partial charge on any atom is -0.507 e. The Balaban J connectivity index is 1.57. The molecule has 2 atom stereocenters. The Labute approximate surface area is 217 Å². The Morgan fingerprint density at radius 2 is 1.86 bits per heavy atom. The second kappa shape index (κ2) is 9.85. The maximum atomic E-state index is 13.7. The first-order valence-corrected chi connectivity index (χ1v) is 14.7. The molecule has 0 saturated carbocycles. The first-order chi connectivity index (χ1) is 17.7. The molecular formula is C28H33N3O5S. The van der Waals surface area contributed by atoms with Crippen LogP contribution in [0.3, 0.4) is 0 Å². The van der Waals surface area contributed by atoms with Gasteiger partial charge >= 0.3 is 0 Å². The van der Waals surface area contributed by atoms with Gasteiger partial charge in [-0.15, -0.1) is 0 Å². The van der Waals surface area contributed by atoms with Gasteiger partial charge in [-0.2, -0.15) is 5.10 Å². The molecule has 1 aromatic heterocycles. The highest BCUT2D eigenvalue weighted by Crippen LogP contribution is 2.47. The summed E-state index contributed by atoms with van der Waals surface area (Å²) in [6, 6.07) is 10.2. The number of ether oxygens (including phenoxy) is 1. The van der Waals surface area contributed by atoms with Crippen molar-refractivity contribution in [2.45, 2.75) is 58.5 Å². The fraction of sp³-hybridized carbons (Fsp3) is 0.429. The fourth-order valence-corrected chi connectivity index (χ4v) is 7.06. The van der Waals surface area contributed by atoms with Crippen molar-refractivity contribution >= 4 is 15.7 Å². The lowest BCUT2D eigenvalue weighted by atomic mass is 9.93. The summed E-state index contributed by atoms with van der Waals surface area (Å²) in [7, 11) is -3.21. The number of nitrogens with one attached hydrogen (secondary N) is 1. The topological polar surface area (TPSA) is 113 Å². The molecule has 0 bridgehead atoms. The van der Waals surface area contributed by atoms with Crippen LogP contribution in [0.4, 0.5) is 0 Å². The highest BCUT2D eigenvalue weighted by Gasteiger charge is 2.48. The van der Waals surface area contributed by atoms with E-state index in [2.05, 4.69) is 17.1 Å². The number of phenols is 1. The number of aromatic hydroxyl groups is 1. The van der Waals surface area contributed by atoms with Gasteiger partial charge in [0.05, 0.1) is 24.2 Å². The van der Waals surface area contributed by atoms with Gasteiger partial charge in [0.15, 0.2) is 9.84 Å². The molecule has 9 heteroatoms. The predicted octanol–water partition coefficient (Wildman–Crippen LogP) is 4.70. The number of carbonyl (C=O) groups is 1. The van der Waals surface area contributed by atoms with Crippen molar-refractivity contribution in [1.82, 2.24) is 15.1 Å². The number of H-pyrrole nitrogens is 1. The van der Waals surface area contributed by atoms with Crippen LogP contribution in [0.5, 0.6) is 11.5 Å². The molecule has 0 spiro atoms. The van der Waals surface area contributed by atoms with E-state index >= 15 is 0 Å².